The highest BCUT2D eigenvalue weighted by atomic mass is 16.5. The molecule has 1 N–H and O–H groups in total. The molecule has 0 spiro atoms. The maximum atomic E-state index is 10.3. The molecule has 2 aromatic rings. The highest BCUT2D eigenvalue weighted by Crippen LogP contribution is 2.38. The number of rotatable bonds is 9. The summed E-state index contributed by atoms with van der Waals surface area (Å²) in [5.74, 6) is 0.857. The molecule has 5 nitrogen and oxygen atoms in total. The Morgan fingerprint density at radius 3 is 2.23 bits per heavy atom. The third-order valence-electron chi connectivity index (χ3n) is 5.58. The summed E-state index contributed by atoms with van der Waals surface area (Å²) >= 11 is 0. The first-order chi connectivity index (χ1) is 12.2. The normalized spacial score (nSPS) is 13.7. The second-order valence-corrected chi connectivity index (χ2v) is 8.31. The number of hydrogen-bond donors (Lipinski definition) is 1. The number of aliphatic hydroxyl groups is 1. The molecule has 0 amide bonds. The van der Waals surface area contributed by atoms with Crippen LogP contribution < -0.4 is 4.74 Å². The second-order valence-electron chi connectivity index (χ2n) is 8.31. The number of benzene rings is 1. The highest BCUT2D eigenvalue weighted by Gasteiger charge is 2.26. The Bertz CT molecular complexity index is 693. The monoisotopic (exact) mass is 359 g/mol. The van der Waals surface area contributed by atoms with Crippen LogP contribution in [0.3, 0.4) is 0 Å². The van der Waals surface area contributed by atoms with E-state index in [9.17, 15) is 5.11 Å². The SMILES string of the molecule is CCC(C)(C)c1ccc(OCC(O)Cn2cnnc2)c(C(C)(C)CC)c1. The standard InChI is InChI=1S/C21H33N3O2/c1-7-20(3,4)16-9-10-19(18(11-16)21(5,6)8-2)26-13-17(25)12-24-14-22-23-15-24/h9-11,14-15,17,25H,7-8,12-13H2,1-6H3. The van der Waals surface area contributed by atoms with Crippen LogP contribution >= 0.6 is 0 Å². The van der Waals surface area contributed by atoms with Crippen LogP contribution in [0.2, 0.25) is 0 Å². The molecule has 1 heterocycles. The summed E-state index contributed by atoms with van der Waals surface area (Å²) in [6.07, 6.45) is 4.67. The Labute approximate surface area is 157 Å². The first-order valence-corrected chi connectivity index (χ1v) is 9.48. The number of hydrogen-bond acceptors (Lipinski definition) is 4. The van der Waals surface area contributed by atoms with Gasteiger partial charge in [0.2, 0.25) is 0 Å². The molecule has 0 fully saturated rings. The predicted octanol–water partition coefficient (Wildman–Crippen LogP) is 4.09. The Hall–Kier alpha value is -1.88. The van der Waals surface area contributed by atoms with Crippen LogP contribution in [0, 0.1) is 0 Å². The van der Waals surface area contributed by atoms with E-state index in [-0.39, 0.29) is 17.4 Å². The van der Waals surface area contributed by atoms with Crippen LogP contribution in [0.15, 0.2) is 30.9 Å². The zero-order valence-electron chi connectivity index (χ0n) is 17.0. The molecule has 0 bridgehead atoms. The highest BCUT2D eigenvalue weighted by molar-refractivity contribution is 5.44. The minimum Gasteiger partial charge on any atom is -0.491 e. The number of aliphatic hydroxyl groups excluding tert-OH is 1. The van der Waals surface area contributed by atoms with Crippen molar-refractivity contribution in [1.29, 1.82) is 0 Å². The first-order valence-electron chi connectivity index (χ1n) is 9.48. The average molecular weight is 360 g/mol. The van der Waals surface area contributed by atoms with Gasteiger partial charge in [0.05, 0.1) is 6.54 Å². The van der Waals surface area contributed by atoms with Gasteiger partial charge in [-0.3, -0.25) is 0 Å². The molecule has 1 aromatic carbocycles. The molecular formula is C21H33N3O2. The predicted molar refractivity (Wildman–Crippen MR) is 105 cm³/mol. The van der Waals surface area contributed by atoms with E-state index in [2.05, 4.69) is 69.9 Å². The van der Waals surface area contributed by atoms with Gasteiger partial charge < -0.3 is 14.4 Å². The van der Waals surface area contributed by atoms with Gasteiger partial charge in [0.1, 0.15) is 31.1 Å². The number of aromatic nitrogens is 3. The Morgan fingerprint density at radius 2 is 1.65 bits per heavy atom. The van der Waals surface area contributed by atoms with Gasteiger partial charge in [-0.1, -0.05) is 53.7 Å². The van der Waals surface area contributed by atoms with E-state index < -0.39 is 6.10 Å². The second kappa shape index (κ2) is 8.21. The Balaban J connectivity index is 2.21. The smallest absolute Gasteiger partial charge is 0.123 e. The lowest BCUT2D eigenvalue weighted by Crippen LogP contribution is -2.25. The summed E-state index contributed by atoms with van der Waals surface area (Å²) in [4.78, 5) is 0. The fourth-order valence-electron chi connectivity index (χ4n) is 2.80. The molecule has 0 aliphatic rings. The van der Waals surface area contributed by atoms with Gasteiger partial charge in [0, 0.05) is 5.56 Å². The van der Waals surface area contributed by atoms with Gasteiger partial charge in [-0.2, -0.15) is 0 Å². The van der Waals surface area contributed by atoms with Crippen molar-refractivity contribution >= 4 is 0 Å². The van der Waals surface area contributed by atoms with Gasteiger partial charge in [-0.15, -0.1) is 10.2 Å². The van der Waals surface area contributed by atoms with E-state index in [1.165, 1.54) is 11.1 Å². The van der Waals surface area contributed by atoms with Crippen LogP contribution in [0.4, 0.5) is 0 Å². The lowest BCUT2D eigenvalue weighted by atomic mass is 9.76. The molecule has 1 atom stereocenters. The molecule has 26 heavy (non-hydrogen) atoms. The lowest BCUT2D eigenvalue weighted by Gasteiger charge is -2.30. The summed E-state index contributed by atoms with van der Waals surface area (Å²) in [6, 6.07) is 6.50. The summed E-state index contributed by atoms with van der Waals surface area (Å²) in [5, 5.41) is 17.8. The van der Waals surface area contributed by atoms with Gasteiger partial charge in [0.15, 0.2) is 0 Å². The molecular weight excluding hydrogens is 326 g/mol. The van der Waals surface area contributed by atoms with Crippen LogP contribution in [0.5, 0.6) is 5.75 Å². The van der Waals surface area contributed by atoms with Crippen molar-refractivity contribution in [1.82, 2.24) is 14.8 Å². The summed E-state index contributed by atoms with van der Waals surface area (Å²) in [5.41, 5.74) is 2.67. The Kier molecular flexibility index (Phi) is 6.45. The van der Waals surface area contributed by atoms with E-state index in [1.807, 2.05) is 0 Å². The van der Waals surface area contributed by atoms with E-state index >= 15 is 0 Å². The fraction of sp³-hybridized carbons (Fsp3) is 0.619. The first kappa shape index (κ1) is 20.4. The minimum atomic E-state index is -0.615. The Morgan fingerprint density at radius 1 is 1.04 bits per heavy atom. The zero-order valence-corrected chi connectivity index (χ0v) is 17.0. The largest absolute Gasteiger partial charge is 0.491 e. The van der Waals surface area contributed by atoms with Crippen molar-refractivity contribution < 1.29 is 9.84 Å². The summed E-state index contributed by atoms with van der Waals surface area (Å²) in [7, 11) is 0. The summed E-state index contributed by atoms with van der Waals surface area (Å²) < 4.78 is 7.78. The van der Waals surface area contributed by atoms with Crippen molar-refractivity contribution in [3.8, 4) is 5.75 Å². The van der Waals surface area contributed by atoms with Crippen LogP contribution in [0.25, 0.3) is 0 Å². The van der Waals surface area contributed by atoms with Gasteiger partial charge in [-0.05, 0) is 35.3 Å². The quantitative estimate of drug-likeness (QED) is 0.732. The van der Waals surface area contributed by atoms with E-state index in [4.69, 9.17) is 4.74 Å². The molecule has 0 radical (unpaired) electrons. The molecule has 0 saturated carbocycles. The minimum absolute atomic E-state index is 0.00832. The molecule has 2 rings (SSSR count). The molecule has 0 saturated heterocycles. The van der Waals surface area contributed by atoms with Crippen molar-refractivity contribution in [2.24, 2.45) is 0 Å². The van der Waals surface area contributed by atoms with Crippen LogP contribution in [-0.2, 0) is 17.4 Å². The van der Waals surface area contributed by atoms with Gasteiger partial charge in [0.25, 0.3) is 0 Å². The van der Waals surface area contributed by atoms with E-state index in [0.29, 0.717) is 6.54 Å². The third-order valence-corrected chi connectivity index (χ3v) is 5.58. The van der Waals surface area contributed by atoms with Crippen LogP contribution in [-0.4, -0.2) is 32.6 Å². The van der Waals surface area contributed by atoms with Crippen molar-refractivity contribution in [2.45, 2.75) is 77.9 Å². The van der Waals surface area contributed by atoms with Crippen molar-refractivity contribution in [3.63, 3.8) is 0 Å². The molecule has 1 aromatic heterocycles. The molecule has 5 heteroatoms. The van der Waals surface area contributed by atoms with E-state index in [1.54, 1.807) is 17.2 Å². The maximum Gasteiger partial charge on any atom is 0.123 e. The third kappa shape index (κ3) is 4.85. The molecule has 0 aliphatic heterocycles. The molecule has 1 unspecified atom stereocenters. The van der Waals surface area contributed by atoms with Crippen molar-refractivity contribution in [3.05, 3.63) is 42.0 Å². The molecule has 0 aliphatic carbocycles. The van der Waals surface area contributed by atoms with Gasteiger partial charge in [-0.25, -0.2) is 0 Å². The van der Waals surface area contributed by atoms with Crippen LogP contribution in [0.1, 0.15) is 65.5 Å². The zero-order chi connectivity index (χ0) is 19.4. The summed E-state index contributed by atoms with van der Waals surface area (Å²) in [6.45, 7) is 14.1. The van der Waals surface area contributed by atoms with Crippen molar-refractivity contribution in [2.75, 3.05) is 6.61 Å². The fourth-order valence-corrected chi connectivity index (χ4v) is 2.80. The average Bonchev–Trinajstić information content (AvgIpc) is 3.12. The maximum absolute atomic E-state index is 10.3. The number of nitrogens with zero attached hydrogens (tertiary/aromatic N) is 3. The number of ether oxygens (including phenoxy) is 1. The van der Waals surface area contributed by atoms with Gasteiger partial charge >= 0.3 is 0 Å². The van der Waals surface area contributed by atoms with E-state index in [0.717, 1.165) is 18.6 Å². The topological polar surface area (TPSA) is 60.2 Å². The lowest BCUT2D eigenvalue weighted by molar-refractivity contribution is 0.0912. The molecule has 144 valence electrons.